The fourth-order valence-electron chi connectivity index (χ4n) is 1.29. The molecule has 0 aliphatic heterocycles. The summed E-state index contributed by atoms with van der Waals surface area (Å²) in [7, 11) is 0. The SMILES string of the molecule is FC(F)(F)Sc1[c]cc2ccccc2c1. The molecule has 0 aliphatic carbocycles. The lowest BCUT2D eigenvalue weighted by Crippen LogP contribution is -1.98. The first kappa shape index (κ1) is 10.4. The second kappa shape index (κ2) is 3.77. The molecule has 0 unspecified atom stereocenters. The Kier molecular flexibility index (Phi) is 2.61. The van der Waals surface area contributed by atoms with Gasteiger partial charge in [0, 0.05) is 4.90 Å². The first-order valence-corrected chi connectivity index (χ1v) is 5.02. The van der Waals surface area contributed by atoms with Gasteiger partial charge in [-0.05, 0) is 40.7 Å². The zero-order chi connectivity index (χ0) is 10.9. The molecule has 0 aliphatic rings. The first-order valence-electron chi connectivity index (χ1n) is 4.21. The first-order chi connectivity index (χ1) is 7.04. The highest BCUT2D eigenvalue weighted by atomic mass is 32.2. The summed E-state index contributed by atoms with van der Waals surface area (Å²) in [6.07, 6.45) is 0. The van der Waals surface area contributed by atoms with Gasteiger partial charge in [0.15, 0.2) is 0 Å². The van der Waals surface area contributed by atoms with E-state index < -0.39 is 5.51 Å². The van der Waals surface area contributed by atoms with Crippen molar-refractivity contribution in [2.45, 2.75) is 10.4 Å². The summed E-state index contributed by atoms with van der Waals surface area (Å²) in [5, 5.41) is 1.69. The van der Waals surface area contributed by atoms with Crippen LogP contribution in [0.4, 0.5) is 13.2 Å². The molecule has 2 aromatic rings. The van der Waals surface area contributed by atoms with Crippen molar-refractivity contribution in [3.8, 4) is 0 Å². The molecule has 0 spiro atoms. The third-order valence-corrected chi connectivity index (χ3v) is 2.57. The van der Waals surface area contributed by atoms with Crippen LogP contribution in [0.25, 0.3) is 10.8 Å². The quantitative estimate of drug-likeness (QED) is 0.656. The third-order valence-electron chi connectivity index (χ3n) is 1.88. The van der Waals surface area contributed by atoms with E-state index in [1.54, 1.807) is 18.2 Å². The zero-order valence-electron chi connectivity index (χ0n) is 7.51. The number of hydrogen-bond acceptors (Lipinski definition) is 1. The molecule has 0 nitrogen and oxygen atoms in total. The smallest absolute Gasteiger partial charge is 0.160 e. The van der Waals surface area contributed by atoms with Crippen molar-refractivity contribution in [2.75, 3.05) is 0 Å². The molecule has 1 radical (unpaired) electrons. The van der Waals surface area contributed by atoms with E-state index in [2.05, 4.69) is 6.07 Å². The van der Waals surface area contributed by atoms with E-state index in [1.807, 2.05) is 12.1 Å². The number of hydrogen-bond donors (Lipinski definition) is 0. The average molecular weight is 227 g/mol. The van der Waals surface area contributed by atoms with Crippen molar-refractivity contribution >= 4 is 22.5 Å². The highest BCUT2D eigenvalue weighted by molar-refractivity contribution is 8.00. The minimum Gasteiger partial charge on any atom is -0.160 e. The minimum absolute atomic E-state index is 0.0983. The van der Waals surface area contributed by atoms with Gasteiger partial charge in [0.1, 0.15) is 0 Å². The van der Waals surface area contributed by atoms with Crippen LogP contribution in [0, 0.1) is 6.07 Å². The maximum atomic E-state index is 12.1. The normalized spacial score (nSPS) is 11.9. The largest absolute Gasteiger partial charge is 0.446 e. The van der Waals surface area contributed by atoms with Crippen LogP contribution in [0.15, 0.2) is 41.3 Å². The number of rotatable bonds is 1. The number of fused-ring (bicyclic) bond motifs is 1. The van der Waals surface area contributed by atoms with Crippen molar-refractivity contribution in [3.63, 3.8) is 0 Å². The van der Waals surface area contributed by atoms with Gasteiger partial charge in [-0.15, -0.1) is 0 Å². The van der Waals surface area contributed by atoms with Gasteiger partial charge in [-0.1, -0.05) is 24.3 Å². The number of benzene rings is 2. The molecule has 0 amide bonds. The summed E-state index contributed by atoms with van der Waals surface area (Å²) in [6.45, 7) is 0. The Labute approximate surface area is 89.1 Å². The van der Waals surface area contributed by atoms with Crippen LogP contribution in [-0.4, -0.2) is 5.51 Å². The topological polar surface area (TPSA) is 0 Å². The summed E-state index contributed by atoms with van der Waals surface area (Å²) >= 11 is -0.140. The van der Waals surface area contributed by atoms with E-state index in [9.17, 15) is 13.2 Å². The van der Waals surface area contributed by atoms with Crippen LogP contribution < -0.4 is 0 Å². The lowest BCUT2D eigenvalue weighted by atomic mass is 10.1. The molecule has 77 valence electrons. The van der Waals surface area contributed by atoms with Crippen LogP contribution in [-0.2, 0) is 0 Å². The highest BCUT2D eigenvalue weighted by Crippen LogP contribution is 2.37. The zero-order valence-corrected chi connectivity index (χ0v) is 8.32. The van der Waals surface area contributed by atoms with Crippen LogP contribution in [0.5, 0.6) is 0 Å². The summed E-state index contributed by atoms with van der Waals surface area (Å²) in [5.41, 5.74) is -4.25. The van der Waals surface area contributed by atoms with Gasteiger partial charge in [0.05, 0.1) is 0 Å². The molecule has 15 heavy (non-hydrogen) atoms. The van der Waals surface area contributed by atoms with E-state index >= 15 is 0 Å². The molecule has 4 heteroatoms. The second-order valence-electron chi connectivity index (χ2n) is 2.97. The molecule has 2 aromatic carbocycles. The van der Waals surface area contributed by atoms with Crippen molar-refractivity contribution in [1.29, 1.82) is 0 Å². The van der Waals surface area contributed by atoms with Gasteiger partial charge in [0.2, 0.25) is 0 Å². The molecule has 0 saturated heterocycles. The Hall–Kier alpha value is -1.16. The van der Waals surface area contributed by atoms with Gasteiger partial charge in [-0.25, -0.2) is 0 Å². The maximum absolute atomic E-state index is 12.1. The van der Waals surface area contributed by atoms with Gasteiger partial charge in [0.25, 0.3) is 0 Å². The number of halogens is 3. The summed E-state index contributed by atoms with van der Waals surface area (Å²) < 4.78 is 36.3. The number of thioether (sulfide) groups is 1. The molecule has 0 atom stereocenters. The highest BCUT2D eigenvalue weighted by Gasteiger charge is 2.29. The van der Waals surface area contributed by atoms with Crippen LogP contribution in [0.1, 0.15) is 0 Å². The van der Waals surface area contributed by atoms with Gasteiger partial charge in [-0.2, -0.15) is 13.2 Å². The molecule has 0 saturated carbocycles. The Morgan fingerprint density at radius 3 is 2.40 bits per heavy atom. The van der Waals surface area contributed by atoms with Gasteiger partial charge < -0.3 is 0 Å². The Morgan fingerprint density at radius 2 is 1.73 bits per heavy atom. The maximum Gasteiger partial charge on any atom is 0.446 e. The van der Waals surface area contributed by atoms with Crippen LogP contribution >= 0.6 is 11.8 Å². The monoisotopic (exact) mass is 227 g/mol. The van der Waals surface area contributed by atoms with E-state index in [0.29, 0.717) is 0 Å². The molecule has 0 heterocycles. The van der Waals surface area contributed by atoms with E-state index in [4.69, 9.17) is 0 Å². The standard InChI is InChI=1S/C11H6F3S/c12-11(13,14)15-10-6-5-8-3-1-2-4-9(8)7-10/h1-5,7H. The van der Waals surface area contributed by atoms with Crippen molar-refractivity contribution in [2.24, 2.45) is 0 Å². The lowest BCUT2D eigenvalue weighted by molar-refractivity contribution is -0.0328. The Morgan fingerprint density at radius 1 is 1.07 bits per heavy atom. The number of alkyl halides is 3. The molecule has 0 N–H and O–H groups in total. The average Bonchev–Trinajstić information content (AvgIpc) is 2.15. The second-order valence-corrected chi connectivity index (χ2v) is 4.08. The van der Waals surface area contributed by atoms with Gasteiger partial charge in [-0.3, -0.25) is 0 Å². The predicted molar refractivity (Wildman–Crippen MR) is 54.7 cm³/mol. The minimum atomic E-state index is -4.25. The van der Waals surface area contributed by atoms with E-state index in [1.165, 1.54) is 6.07 Å². The summed E-state index contributed by atoms with van der Waals surface area (Å²) in [5.74, 6) is 0. The van der Waals surface area contributed by atoms with Crippen LogP contribution in [0.2, 0.25) is 0 Å². The van der Waals surface area contributed by atoms with Gasteiger partial charge >= 0.3 is 5.51 Å². The van der Waals surface area contributed by atoms with E-state index in [0.717, 1.165) is 10.8 Å². The van der Waals surface area contributed by atoms with Crippen molar-refractivity contribution < 1.29 is 13.2 Å². The van der Waals surface area contributed by atoms with E-state index in [-0.39, 0.29) is 16.7 Å². The molecular weight excluding hydrogens is 221 g/mol. The Bertz CT molecular complexity index is 476. The predicted octanol–water partition coefficient (Wildman–Crippen LogP) is 4.25. The molecule has 0 bridgehead atoms. The third kappa shape index (κ3) is 2.65. The Balaban J connectivity index is 2.39. The molecule has 0 fully saturated rings. The summed E-state index contributed by atoms with van der Waals surface area (Å²) in [6, 6.07) is 12.9. The molecule has 0 aromatic heterocycles. The van der Waals surface area contributed by atoms with Crippen molar-refractivity contribution in [1.82, 2.24) is 0 Å². The fraction of sp³-hybridized carbons (Fsp3) is 0.0909. The molecular formula is C11H6F3S. The van der Waals surface area contributed by atoms with Crippen LogP contribution in [0.3, 0.4) is 0 Å². The lowest BCUT2D eigenvalue weighted by Gasteiger charge is -2.05. The fourth-order valence-corrected chi connectivity index (χ4v) is 1.84. The summed E-state index contributed by atoms with van der Waals surface area (Å²) in [4.78, 5) is 0.0983. The van der Waals surface area contributed by atoms with Crippen molar-refractivity contribution in [3.05, 3.63) is 42.5 Å². The molecule has 2 rings (SSSR count).